The highest BCUT2D eigenvalue weighted by molar-refractivity contribution is 9.10. The first-order valence-electron chi connectivity index (χ1n) is 9.20. The van der Waals surface area contributed by atoms with Crippen molar-refractivity contribution in [1.82, 2.24) is 0 Å². The van der Waals surface area contributed by atoms with E-state index in [4.69, 9.17) is 3.63 Å². The van der Waals surface area contributed by atoms with Gasteiger partial charge in [-0.1, -0.05) is 88.7 Å². The van der Waals surface area contributed by atoms with Crippen molar-refractivity contribution in [3.05, 3.63) is 106 Å². The smallest absolute Gasteiger partial charge is 0.212 e. The van der Waals surface area contributed by atoms with Gasteiger partial charge >= 0.3 is 15.6 Å². The van der Waals surface area contributed by atoms with E-state index in [1.165, 1.54) is 0 Å². The second kappa shape index (κ2) is 9.77. The lowest BCUT2D eigenvalue weighted by Crippen LogP contribution is -2.29. The zero-order chi connectivity index (χ0) is 22.5. The SMILES string of the molecule is O=S(=O)(OS(Cc1ccccc1)(Cc1ccccc1)Cc1ccc(Br)cc1)C(F)(F)F. The zero-order valence-electron chi connectivity index (χ0n) is 16.3. The molecule has 166 valence electrons. The molecule has 0 fully saturated rings. The molecule has 9 heteroatoms. The van der Waals surface area contributed by atoms with Crippen LogP contribution in [0.25, 0.3) is 0 Å². The lowest BCUT2D eigenvalue weighted by atomic mass is 10.2. The molecule has 0 radical (unpaired) electrons. The molecule has 0 aliphatic heterocycles. The number of halogens is 4. The summed E-state index contributed by atoms with van der Waals surface area (Å²) in [6.45, 7) is 0. The highest BCUT2D eigenvalue weighted by Gasteiger charge is 2.51. The molecule has 0 bridgehead atoms. The molecular formula is C22H20BrF3O3S2. The Morgan fingerprint density at radius 1 is 0.677 bits per heavy atom. The van der Waals surface area contributed by atoms with Gasteiger partial charge in [0, 0.05) is 21.7 Å². The van der Waals surface area contributed by atoms with Crippen molar-refractivity contribution in [3.63, 3.8) is 0 Å². The third-order valence-corrected chi connectivity index (χ3v) is 9.95. The predicted molar refractivity (Wildman–Crippen MR) is 122 cm³/mol. The van der Waals surface area contributed by atoms with Crippen molar-refractivity contribution in [1.29, 1.82) is 0 Å². The molecule has 0 aliphatic carbocycles. The zero-order valence-corrected chi connectivity index (χ0v) is 19.5. The number of hydrogen-bond donors (Lipinski definition) is 0. The summed E-state index contributed by atoms with van der Waals surface area (Å²) in [4.78, 5) is 0. The van der Waals surface area contributed by atoms with Crippen molar-refractivity contribution in [2.75, 3.05) is 0 Å². The van der Waals surface area contributed by atoms with E-state index >= 15 is 0 Å². The molecule has 0 aliphatic rings. The highest BCUT2D eigenvalue weighted by Crippen LogP contribution is 2.60. The number of hydrogen-bond acceptors (Lipinski definition) is 3. The van der Waals surface area contributed by atoms with Gasteiger partial charge in [-0.05, 0) is 28.8 Å². The van der Waals surface area contributed by atoms with Crippen molar-refractivity contribution in [3.8, 4) is 0 Å². The van der Waals surface area contributed by atoms with Gasteiger partial charge in [0.1, 0.15) is 0 Å². The van der Waals surface area contributed by atoms with Crippen LogP contribution in [0.5, 0.6) is 0 Å². The maximum absolute atomic E-state index is 13.3. The Labute approximate surface area is 190 Å². The Bertz CT molecular complexity index is 1050. The minimum atomic E-state index is -5.80. The molecule has 31 heavy (non-hydrogen) atoms. The number of rotatable bonds is 8. The maximum Gasteiger partial charge on any atom is 0.523 e. The highest BCUT2D eigenvalue weighted by atomic mass is 79.9. The Morgan fingerprint density at radius 2 is 1.06 bits per heavy atom. The first-order chi connectivity index (χ1) is 14.6. The molecule has 0 N–H and O–H groups in total. The Balaban J connectivity index is 2.10. The molecule has 0 saturated carbocycles. The third kappa shape index (κ3) is 6.58. The van der Waals surface area contributed by atoms with Crippen LogP contribution in [0, 0.1) is 0 Å². The van der Waals surface area contributed by atoms with E-state index in [0.29, 0.717) is 16.7 Å². The summed E-state index contributed by atoms with van der Waals surface area (Å²) in [5, 5.41) is 0. The minimum Gasteiger partial charge on any atom is -0.212 e. The van der Waals surface area contributed by atoms with E-state index in [2.05, 4.69) is 15.9 Å². The molecule has 0 amide bonds. The predicted octanol–water partition coefficient (Wildman–Crippen LogP) is 6.94. The van der Waals surface area contributed by atoms with Crippen molar-refractivity contribution in [2.24, 2.45) is 0 Å². The van der Waals surface area contributed by atoms with Crippen LogP contribution >= 0.6 is 26.2 Å². The van der Waals surface area contributed by atoms with Crippen LogP contribution in [-0.4, -0.2) is 13.9 Å². The molecule has 3 nitrogen and oxygen atoms in total. The van der Waals surface area contributed by atoms with Gasteiger partial charge in [0.15, 0.2) is 0 Å². The Kier molecular flexibility index (Phi) is 7.51. The average molecular weight is 533 g/mol. The fourth-order valence-corrected chi connectivity index (χ4v) is 8.47. The van der Waals surface area contributed by atoms with Crippen molar-refractivity contribution < 1.29 is 25.2 Å². The van der Waals surface area contributed by atoms with Crippen LogP contribution < -0.4 is 0 Å². The molecule has 0 atom stereocenters. The van der Waals surface area contributed by atoms with Crippen LogP contribution in [0.2, 0.25) is 0 Å². The van der Waals surface area contributed by atoms with Crippen LogP contribution in [0.4, 0.5) is 13.2 Å². The maximum atomic E-state index is 13.3. The second-order valence-corrected chi connectivity index (χ2v) is 12.6. The first-order valence-corrected chi connectivity index (χ1v) is 13.5. The third-order valence-electron chi connectivity index (χ3n) is 4.41. The molecule has 3 rings (SSSR count). The van der Waals surface area contributed by atoms with Gasteiger partial charge in [-0.25, -0.2) is 3.63 Å². The summed E-state index contributed by atoms with van der Waals surface area (Å²) in [6.07, 6.45) is 0. The summed E-state index contributed by atoms with van der Waals surface area (Å²) in [5.41, 5.74) is -3.38. The molecule has 3 aromatic carbocycles. The van der Waals surface area contributed by atoms with Gasteiger partial charge in [0.25, 0.3) is 0 Å². The van der Waals surface area contributed by atoms with Gasteiger partial charge in [0.2, 0.25) is 0 Å². The molecule has 0 spiro atoms. The first kappa shape index (κ1) is 23.8. The monoisotopic (exact) mass is 532 g/mol. The normalized spacial score (nSPS) is 13.2. The fourth-order valence-electron chi connectivity index (χ4n) is 3.09. The van der Waals surface area contributed by atoms with Gasteiger partial charge < -0.3 is 0 Å². The van der Waals surface area contributed by atoms with Gasteiger partial charge in [0.05, 0.1) is 0 Å². The molecule has 0 unspecified atom stereocenters. The van der Waals surface area contributed by atoms with Gasteiger partial charge in [-0.15, -0.1) is 10.3 Å². The lowest BCUT2D eigenvalue weighted by molar-refractivity contribution is -0.0496. The van der Waals surface area contributed by atoms with Crippen molar-refractivity contribution >= 4 is 36.4 Å². The van der Waals surface area contributed by atoms with E-state index in [-0.39, 0.29) is 17.3 Å². The van der Waals surface area contributed by atoms with Crippen molar-refractivity contribution in [2.45, 2.75) is 22.8 Å². The van der Waals surface area contributed by atoms with E-state index in [1.54, 1.807) is 84.9 Å². The summed E-state index contributed by atoms with van der Waals surface area (Å²) in [7, 11) is -8.63. The van der Waals surface area contributed by atoms with Crippen LogP contribution in [-0.2, 0) is 31.0 Å². The molecule has 0 heterocycles. The average Bonchev–Trinajstić information content (AvgIpc) is 2.70. The van der Waals surface area contributed by atoms with Crippen LogP contribution in [0.1, 0.15) is 16.7 Å². The molecular weight excluding hydrogens is 513 g/mol. The topological polar surface area (TPSA) is 43.4 Å². The number of alkyl halides is 3. The summed E-state index contributed by atoms with van der Waals surface area (Å²) in [5.74, 6) is 0.182. The minimum absolute atomic E-state index is 0.0549. The summed E-state index contributed by atoms with van der Waals surface area (Å²) >= 11 is 3.34. The molecule has 3 aromatic rings. The van der Waals surface area contributed by atoms with Crippen LogP contribution in [0.3, 0.4) is 0 Å². The largest absolute Gasteiger partial charge is 0.523 e. The molecule has 0 aromatic heterocycles. The summed E-state index contributed by atoms with van der Waals surface area (Å²) < 4.78 is 70.3. The van der Waals surface area contributed by atoms with Gasteiger partial charge in [-0.3, -0.25) is 0 Å². The fraction of sp³-hybridized carbons (Fsp3) is 0.182. The van der Waals surface area contributed by atoms with E-state index in [9.17, 15) is 21.6 Å². The van der Waals surface area contributed by atoms with Crippen LogP contribution in [0.15, 0.2) is 89.4 Å². The lowest BCUT2D eigenvalue weighted by Gasteiger charge is -2.39. The van der Waals surface area contributed by atoms with E-state index in [0.717, 1.165) is 4.47 Å². The van der Waals surface area contributed by atoms with Gasteiger partial charge in [-0.2, -0.15) is 21.6 Å². The van der Waals surface area contributed by atoms with E-state index < -0.39 is 25.9 Å². The quantitative estimate of drug-likeness (QED) is 0.295. The Hall–Kier alpha value is -1.81. The molecule has 0 saturated heterocycles. The van der Waals surface area contributed by atoms with E-state index in [1.807, 2.05) is 0 Å². The number of benzene rings is 3. The second-order valence-electron chi connectivity index (χ2n) is 6.96. The summed E-state index contributed by atoms with van der Waals surface area (Å²) in [6, 6.07) is 24.7. The standard InChI is InChI=1S/C22H20BrF3O3S2/c23-21-13-11-20(12-14-21)17-30(15-18-7-3-1-4-8-18,16-19-9-5-2-6-10-19)29-31(27,28)22(24,25)26/h1-14H,15-17H2. The Morgan fingerprint density at radius 3 is 1.45 bits per heavy atom.